The van der Waals surface area contributed by atoms with Gasteiger partial charge in [0.1, 0.15) is 23.4 Å². The van der Waals surface area contributed by atoms with Crippen LogP contribution in [0.3, 0.4) is 0 Å². The van der Waals surface area contributed by atoms with Gasteiger partial charge >= 0.3 is 0 Å². The van der Waals surface area contributed by atoms with E-state index in [1.165, 1.54) is 18.1 Å². The number of nitrogens with one attached hydrogen (secondary N) is 1. The molecule has 0 aliphatic heterocycles. The summed E-state index contributed by atoms with van der Waals surface area (Å²) in [6, 6.07) is 5.23. The lowest BCUT2D eigenvalue weighted by Crippen LogP contribution is -2.15. The zero-order valence-corrected chi connectivity index (χ0v) is 13.5. The van der Waals surface area contributed by atoms with Crippen LogP contribution < -0.4 is 10.1 Å². The zero-order valence-electron chi connectivity index (χ0n) is 13.5. The highest BCUT2D eigenvalue weighted by Crippen LogP contribution is 2.28. The van der Waals surface area contributed by atoms with Gasteiger partial charge in [0, 0.05) is 6.07 Å². The summed E-state index contributed by atoms with van der Waals surface area (Å²) in [5.74, 6) is 0.677. The average molecular weight is 328 g/mol. The maximum absolute atomic E-state index is 12.6. The first-order valence-corrected chi connectivity index (χ1v) is 7.32. The number of tetrazole rings is 1. The Balaban J connectivity index is 1.89. The van der Waals surface area contributed by atoms with Gasteiger partial charge in [-0.25, -0.2) is 4.68 Å². The molecule has 0 bridgehead atoms. The Kier molecular flexibility index (Phi) is 4.23. The Bertz CT molecular complexity index is 856. The first kappa shape index (κ1) is 15.7. The molecule has 9 nitrogen and oxygen atoms in total. The summed E-state index contributed by atoms with van der Waals surface area (Å²) in [5, 5.41) is 17.7. The first-order chi connectivity index (χ1) is 11.6. The predicted molar refractivity (Wildman–Crippen MR) is 84.3 cm³/mol. The molecule has 124 valence electrons. The normalized spacial score (nSPS) is 10.6. The fourth-order valence-electron chi connectivity index (χ4n) is 2.34. The molecular formula is C15H16N6O3. The van der Waals surface area contributed by atoms with E-state index in [-0.39, 0.29) is 5.91 Å². The van der Waals surface area contributed by atoms with E-state index in [9.17, 15) is 4.79 Å². The zero-order chi connectivity index (χ0) is 17.1. The van der Waals surface area contributed by atoms with Gasteiger partial charge in [-0.1, -0.05) is 12.1 Å². The van der Waals surface area contributed by atoms with Gasteiger partial charge in [-0.3, -0.25) is 4.79 Å². The van der Waals surface area contributed by atoms with E-state index in [2.05, 4.69) is 26.0 Å². The molecular weight excluding hydrogens is 312 g/mol. The van der Waals surface area contributed by atoms with Crippen molar-refractivity contribution in [3.05, 3.63) is 41.5 Å². The van der Waals surface area contributed by atoms with Crippen LogP contribution in [0, 0.1) is 6.92 Å². The quantitative estimate of drug-likeness (QED) is 0.760. The van der Waals surface area contributed by atoms with Crippen LogP contribution >= 0.6 is 0 Å². The molecule has 1 amide bonds. The van der Waals surface area contributed by atoms with Crippen LogP contribution in [0.25, 0.3) is 5.69 Å². The third-order valence-electron chi connectivity index (χ3n) is 3.54. The van der Waals surface area contributed by atoms with Crippen molar-refractivity contribution in [2.75, 3.05) is 12.4 Å². The molecule has 0 saturated heterocycles. The number of benzene rings is 1. The Morgan fingerprint density at radius 1 is 1.42 bits per heavy atom. The van der Waals surface area contributed by atoms with Crippen molar-refractivity contribution in [2.45, 2.75) is 20.3 Å². The fraction of sp³-hybridized carbons (Fsp3) is 0.267. The van der Waals surface area contributed by atoms with Crippen LogP contribution in [0.4, 0.5) is 5.69 Å². The summed E-state index contributed by atoms with van der Waals surface area (Å²) in [6.45, 7) is 3.62. The lowest BCUT2D eigenvalue weighted by molar-refractivity contribution is 0.102. The highest BCUT2D eigenvalue weighted by molar-refractivity contribution is 6.06. The SMILES string of the molecule is CCc1noc(C)c1C(=O)Nc1ccc(-n2cnnn2)cc1OC. The number of methoxy groups -OCH3 is 1. The fourth-order valence-corrected chi connectivity index (χ4v) is 2.34. The summed E-state index contributed by atoms with van der Waals surface area (Å²) >= 11 is 0. The van der Waals surface area contributed by atoms with Crippen LogP contribution in [-0.2, 0) is 6.42 Å². The van der Waals surface area contributed by atoms with E-state index < -0.39 is 0 Å². The van der Waals surface area contributed by atoms with Crippen molar-refractivity contribution < 1.29 is 14.1 Å². The molecule has 0 radical (unpaired) electrons. The van der Waals surface area contributed by atoms with Gasteiger partial charge in [0.2, 0.25) is 0 Å². The molecule has 3 aromatic rings. The first-order valence-electron chi connectivity index (χ1n) is 7.32. The second kappa shape index (κ2) is 6.49. The number of hydrogen-bond acceptors (Lipinski definition) is 7. The number of amides is 1. The molecule has 0 spiro atoms. The summed E-state index contributed by atoms with van der Waals surface area (Å²) in [7, 11) is 1.52. The Labute approximate surface area is 137 Å². The molecule has 2 heterocycles. The molecule has 0 saturated carbocycles. The number of aromatic nitrogens is 5. The van der Waals surface area contributed by atoms with E-state index >= 15 is 0 Å². The van der Waals surface area contributed by atoms with Crippen molar-refractivity contribution in [3.8, 4) is 11.4 Å². The molecule has 0 aliphatic carbocycles. The van der Waals surface area contributed by atoms with Crippen LogP contribution in [0.5, 0.6) is 5.75 Å². The van der Waals surface area contributed by atoms with Gasteiger partial charge in [-0.05, 0) is 35.9 Å². The molecule has 0 atom stereocenters. The van der Waals surface area contributed by atoms with Gasteiger partial charge in [0.15, 0.2) is 0 Å². The van der Waals surface area contributed by atoms with Crippen LogP contribution in [0.15, 0.2) is 29.0 Å². The maximum atomic E-state index is 12.6. The van der Waals surface area contributed by atoms with Gasteiger partial charge in [0.25, 0.3) is 5.91 Å². The summed E-state index contributed by atoms with van der Waals surface area (Å²) < 4.78 is 11.9. The largest absolute Gasteiger partial charge is 0.494 e. The number of aryl methyl sites for hydroxylation is 2. The van der Waals surface area contributed by atoms with E-state index in [1.807, 2.05) is 6.92 Å². The highest BCUT2D eigenvalue weighted by atomic mass is 16.5. The third kappa shape index (κ3) is 2.83. The lowest BCUT2D eigenvalue weighted by atomic mass is 10.1. The van der Waals surface area contributed by atoms with Crippen LogP contribution in [0.1, 0.15) is 28.7 Å². The Morgan fingerprint density at radius 3 is 2.92 bits per heavy atom. The predicted octanol–water partition coefficient (Wildman–Crippen LogP) is 1.78. The molecule has 24 heavy (non-hydrogen) atoms. The second-order valence-electron chi connectivity index (χ2n) is 5.01. The summed E-state index contributed by atoms with van der Waals surface area (Å²) in [4.78, 5) is 12.6. The molecule has 1 N–H and O–H groups in total. The molecule has 3 rings (SSSR count). The lowest BCUT2D eigenvalue weighted by Gasteiger charge is -2.11. The number of hydrogen-bond donors (Lipinski definition) is 1. The molecule has 2 aromatic heterocycles. The third-order valence-corrected chi connectivity index (χ3v) is 3.54. The van der Waals surface area contributed by atoms with Crippen molar-refractivity contribution in [2.24, 2.45) is 0 Å². The summed E-state index contributed by atoms with van der Waals surface area (Å²) in [5.41, 5.74) is 2.31. The van der Waals surface area contributed by atoms with Crippen molar-refractivity contribution in [1.82, 2.24) is 25.4 Å². The number of nitrogens with zero attached hydrogens (tertiary/aromatic N) is 5. The van der Waals surface area contributed by atoms with Crippen molar-refractivity contribution in [3.63, 3.8) is 0 Å². The molecule has 0 fully saturated rings. The van der Waals surface area contributed by atoms with Crippen LogP contribution in [-0.4, -0.2) is 38.4 Å². The Hall–Kier alpha value is -3.23. The molecule has 9 heteroatoms. The minimum absolute atomic E-state index is 0.293. The van der Waals surface area contributed by atoms with Crippen LogP contribution in [0.2, 0.25) is 0 Å². The van der Waals surface area contributed by atoms with Gasteiger partial charge in [0.05, 0.1) is 24.2 Å². The minimum Gasteiger partial charge on any atom is -0.494 e. The molecule has 0 aliphatic rings. The monoisotopic (exact) mass is 328 g/mol. The Morgan fingerprint density at radius 2 is 2.25 bits per heavy atom. The smallest absolute Gasteiger partial charge is 0.261 e. The van der Waals surface area contributed by atoms with E-state index in [1.54, 1.807) is 25.1 Å². The number of anilines is 1. The second-order valence-corrected chi connectivity index (χ2v) is 5.01. The van der Waals surface area contributed by atoms with Gasteiger partial charge < -0.3 is 14.6 Å². The van der Waals surface area contributed by atoms with E-state index in [0.29, 0.717) is 40.6 Å². The summed E-state index contributed by atoms with van der Waals surface area (Å²) in [6.07, 6.45) is 2.08. The number of rotatable bonds is 5. The molecule has 1 aromatic carbocycles. The highest BCUT2D eigenvalue weighted by Gasteiger charge is 2.20. The molecule has 0 unspecified atom stereocenters. The maximum Gasteiger partial charge on any atom is 0.261 e. The standard InChI is InChI=1S/C15H16N6O3/c1-4-11-14(9(2)24-18-11)15(22)17-12-6-5-10(7-13(12)23-3)21-8-16-19-20-21/h5-8H,4H2,1-3H3,(H,17,22). The van der Waals surface area contributed by atoms with Gasteiger partial charge in [-0.15, -0.1) is 5.10 Å². The van der Waals surface area contributed by atoms with Crippen molar-refractivity contribution in [1.29, 1.82) is 0 Å². The topological polar surface area (TPSA) is 108 Å². The minimum atomic E-state index is -0.293. The number of carbonyl (C=O) groups excluding carboxylic acids is 1. The average Bonchev–Trinajstić information content (AvgIpc) is 3.24. The number of ether oxygens (including phenoxy) is 1. The van der Waals surface area contributed by atoms with E-state index in [4.69, 9.17) is 9.26 Å². The number of carbonyl (C=O) groups is 1. The van der Waals surface area contributed by atoms with Gasteiger partial charge in [-0.2, -0.15) is 0 Å². The van der Waals surface area contributed by atoms with E-state index in [0.717, 1.165) is 0 Å². The van der Waals surface area contributed by atoms with Crippen molar-refractivity contribution >= 4 is 11.6 Å².